The molecule has 0 fully saturated rings. The lowest BCUT2D eigenvalue weighted by atomic mass is 10.2. The molecule has 1 heterocycles. The highest BCUT2D eigenvalue weighted by Gasteiger charge is 2.35. The Bertz CT molecular complexity index is 1400. The molecule has 34 heavy (non-hydrogen) atoms. The number of nitrogens with zero attached hydrogens (tertiary/aromatic N) is 2. The molecule has 0 saturated heterocycles. The summed E-state index contributed by atoms with van der Waals surface area (Å²) >= 11 is 5.74. The fourth-order valence-electron chi connectivity index (χ4n) is 2.85. The Labute approximate surface area is 187 Å². The first-order valence-corrected chi connectivity index (χ1v) is 9.07. The summed E-state index contributed by atoms with van der Waals surface area (Å²) < 4.78 is 126. The van der Waals surface area contributed by atoms with E-state index >= 15 is 0 Å². The molecule has 0 saturated carbocycles. The summed E-state index contributed by atoms with van der Waals surface area (Å²) in [4.78, 5) is 24.5. The largest absolute Gasteiger partial charge is 0.487 e. The van der Waals surface area contributed by atoms with Crippen LogP contribution in [0.25, 0.3) is 5.69 Å². The van der Waals surface area contributed by atoms with Crippen molar-refractivity contribution < 1.29 is 44.3 Å². The Balaban J connectivity index is 2.11. The molecule has 0 spiro atoms. The summed E-state index contributed by atoms with van der Waals surface area (Å²) in [6.45, 7) is -1.32. The number of ether oxygens (including phenoxy) is 1. The molecule has 0 aliphatic carbocycles. The van der Waals surface area contributed by atoms with E-state index in [1.807, 2.05) is 0 Å². The molecule has 0 atom stereocenters. The van der Waals surface area contributed by atoms with Crippen molar-refractivity contribution in [1.29, 1.82) is 0 Å². The van der Waals surface area contributed by atoms with Crippen LogP contribution in [0.1, 0.15) is 11.3 Å². The molecule has 15 heteroatoms. The zero-order valence-corrected chi connectivity index (χ0v) is 17.1. The second-order valence-electron chi connectivity index (χ2n) is 6.61. The number of aromatic nitrogens is 2. The van der Waals surface area contributed by atoms with Crippen molar-refractivity contribution in [1.82, 2.24) is 9.13 Å². The van der Waals surface area contributed by atoms with E-state index in [1.54, 1.807) is 0 Å². The molecular formula is C19H8ClF9N2O3. The van der Waals surface area contributed by atoms with Gasteiger partial charge < -0.3 is 4.74 Å². The monoisotopic (exact) mass is 518 g/mol. The zero-order chi connectivity index (χ0) is 25.7. The molecule has 5 nitrogen and oxygen atoms in total. The van der Waals surface area contributed by atoms with E-state index in [4.69, 9.17) is 16.3 Å². The molecule has 0 bridgehead atoms. The first-order chi connectivity index (χ1) is 15.7. The zero-order valence-electron chi connectivity index (χ0n) is 16.3. The number of hydrogen-bond donors (Lipinski definition) is 0. The van der Waals surface area contributed by atoms with E-state index in [2.05, 4.69) is 0 Å². The van der Waals surface area contributed by atoms with E-state index < -0.39 is 86.7 Å². The van der Waals surface area contributed by atoms with Crippen LogP contribution >= 0.6 is 11.6 Å². The van der Waals surface area contributed by atoms with Gasteiger partial charge in [-0.3, -0.25) is 9.36 Å². The minimum atomic E-state index is -5.09. The third-order valence-corrected chi connectivity index (χ3v) is 4.82. The van der Waals surface area contributed by atoms with Crippen LogP contribution in [0.15, 0.2) is 27.8 Å². The Kier molecular flexibility index (Phi) is 6.48. The smallest absolute Gasteiger partial charge is 0.431 e. The van der Waals surface area contributed by atoms with Crippen molar-refractivity contribution in [2.24, 2.45) is 7.05 Å². The van der Waals surface area contributed by atoms with Gasteiger partial charge in [-0.15, -0.1) is 0 Å². The van der Waals surface area contributed by atoms with Crippen LogP contribution in [0.2, 0.25) is 5.02 Å². The Morgan fingerprint density at radius 1 is 0.882 bits per heavy atom. The van der Waals surface area contributed by atoms with E-state index in [0.29, 0.717) is 19.2 Å². The molecule has 0 unspecified atom stereocenters. The molecule has 0 amide bonds. The first-order valence-electron chi connectivity index (χ1n) is 8.69. The van der Waals surface area contributed by atoms with Crippen LogP contribution in [0, 0.1) is 34.9 Å². The fraction of sp³-hybridized carbons (Fsp3) is 0.158. The maximum atomic E-state index is 14.5. The predicted molar refractivity (Wildman–Crippen MR) is 97.8 cm³/mol. The van der Waals surface area contributed by atoms with E-state index in [-0.39, 0.29) is 15.2 Å². The third kappa shape index (κ3) is 4.24. The Morgan fingerprint density at radius 2 is 1.41 bits per heavy atom. The van der Waals surface area contributed by atoms with Gasteiger partial charge in [0.15, 0.2) is 23.3 Å². The topological polar surface area (TPSA) is 53.2 Å². The molecule has 0 radical (unpaired) electrons. The highest BCUT2D eigenvalue weighted by Crippen LogP contribution is 2.32. The molecule has 3 aromatic rings. The van der Waals surface area contributed by atoms with E-state index in [9.17, 15) is 49.1 Å². The van der Waals surface area contributed by atoms with Crippen LogP contribution in [-0.4, -0.2) is 9.13 Å². The highest BCUT2D eigenvalue weighted by molar-refractivity contribution is 6.32. The van der Waals surface area contributed by atoms with Gasteiger partial charge >= 0.3 is 11.9 Å². The van der Waals surface area contributed by atoms with Crippen molar-refractivity contribution in [2.45, 2.75) is 12.8 Å². The van der Waals surface area contributed by atoms with Gasteiger partial charge in [-0.2, -0.15) is 13.2 Å². The predicted octanol–water partition coefficient (Wildman–Crippen LogP) is 4.62. The number of hydrogen-bond acceptors (Lipinski definition) is 3. The molecular weight excluding hydrogens is 511 g/mol. The number of alkyl halides is 3. The highest BCUT2D eigenvalue weighted by atomic mass is 35.5. The Morgan fingerprint density at radius 3 is 1.94 bits per heavy atom. The maximum Gasteiger partial charge on any atom is 0.431 e. The van der Waals surface area contributed by atoms with Crippen LogP contribution in [0.4, 0.5) is 39.5 Å². The number of benzene rings is 2. The maximum absolute atomic E-state index is 14.5. The van der Waals surface area contributed by atoms with Crippen molar-refractivity contribution >= 4 is 11.6 Å². The average molecular weight is 519 g/mol. The van der Waals surface area contributed by atoms with Gasteiger partial charge in [0.25, 0.3) is 5.56 Å². The van der Waals surface area contributed by atoms with Crippen LogP contribution in [0.3, 0.4) is 0 Å². The summed E-state index contributed by atoms with van der Waals surface area (Å²) in [5.41, 5.74) is -7.22. The molecule has 0 aliphatic rings. The van der Waals surface area contributed by atoms with Gasteiger partial charge in [-0.25, -0.2) is 35.7 Å². The van der Waals surface area contributed by atoms with Gasteiger partial charge in [0, 0.05) is 19.2 Å². The van der Waals surface area contributed by atoms with Crippen molar-refractivity contribution in [3.8, 4) is 11.4 Å². The lowest BCUT2D eigenvalue weighted by molar-refractivity contribution is -0.144. The van der Waals surface area contributed by atoms with Gasteiger partial charge in [-0.05, 0) is 6.07 Å². The lowest BCUT2D eigenvalue weighted by Gasteiger charge is -2.16. The number of rotatable bonds is 4. The Hall–Kier alpha value is -3.42. The van der Waals surface area contributed by atoms with Crippen molar-refractivity contribution in [3.05, 3.63) is 90.2 Å². The molecule has 0 N–H and O–H groups in total. The van der Waals surface area contributed by atoms with Crippen LogP contribution in [0.5, 0.6) is 5.75 Å². The summed E-state index contributed by atoms with van der Waals surface area (Å²) in [6.07, 6.45) is -5.09. The second-order valence-corrected chi connectivity index (χ2v) is 7.02. The van der Waals surface area contributed by atoms with Gasteiger partial charge in [0.1, 0.15) is 23.9 Å². The molecule has 1 aromatic heterocycles. The minimum Gasteiger partial charge on any atom is -0.487 e. The first kappa shape index (κ1) is 25.2. The van der Waals surface area contributed by atoms with E-state index in [0.717, 1.165) is 0 Å². The standard InChI is InChI=1S/C19H8ClF9N2O3/c1-30-11(19(27,28)29)4-12(32)31(18(30)33)9-3-10(7(20)2-8(9)21)34-5-6-13(22)15(24)17(26)16(25)14(6)23/h2-4H,5H2,1H3. The normalized spacial score (nSPS) is 11.7. The van der Waals surface area contributed by atoms with Crippen molar-refractivity contribution in [2.75, 3.05) is 0 Å². The van der Waals surface area contributed by atoms with Crippen molar-refractivity contribution in [3.63, 3.8) is 0 Å². The number of halogens is 10. The third-order valence-electron chi connectivity index (χ3n) is 4.53. The summed E-state index contributed by atoms with van der Waals surface area (Å²) in [5, 5.41) is -0.623. The summed E-state index contributed by atoms with van der Waals surface area (Å²) in [7, 11) is 0.662. The van der Waals surface area contributed by atoms with Crippen LogP contribution < -0.4 is 16.0 Å². The fourth-order valence-corrected chi connectivity index (χ4v) is 3.05. The SMILES string of the molecule is Cn1c(C(F)(F)F)cc(=O)n(-c2cc(OCc3c(F)c(F)c(F)c(F)c3F)c(Cl)cc2F)c1=O. The van der Waals surface area contributed by atoms with Gasteiger partial charge in [-0.1, -0.05) is 11.6 Å². The molecule has 182 valence electrons. The van der Waals surface area contributed by atoms with E-state index in [1.165, 1.54) is 0 Å². The molecule has 2 aromatic carbocycles. The van der Waals surface area contributed by atoms with Crippen LogP contribution in [-0.2, 0) is 19.8 Å². The van der Waals surface area contributed by atoms with Gasteiger partial charge in [0.05, 0.1) is 16.3 Å². The summed E-state index contributed by atoms with van der Waals surface area (Å²) in [6, 6.07) is 0.999. The quantitative estimate of drug-likeness (QED) is 0.288. The molecule has 3 rings (SSSR count). The average Bonchev–Trinajstić information content (AvgIpc) is 2.75. The lowest BCUT2D eigenvalue weighted by Crippen LogP contribution is -2.41. The van der Waals surface area contributed by atoms with Gasteiger partial charge in [0.2, 0.25) is 5.82 Å². The minimum absolute atomic E-state index is 0.00778. The summed E-state index contributed by atoms with van der Waals surface area (Å²) in [5.74, 6) is -13.5. The molecule has 0 aliphatic heterocycles. The second kappa shape index (κ2) is 8.74.